The summed E-state index contributed by atoms with van der Waals surface area (Å²) in [7, 11) is 1.66. The van der Waals surface area contributed by atoms with E-state index in [1.54, 1.807) is 13.1 Å². The molecule has 7 nitrogen and oxygen atoms in total. The zero-order valence-electron chi connectivity index (χ0n) is 11.5. The van der Waals surface area contributed by atoms with E-state index in [1.807, 2.05) is 0 Å². The van der Waals surface area contributed by atoms with Crippen LogP contribution in [0.3, 0.4) is 0 Å². The lowest BCUT2D eigenvalue weighted by Gasteiger charge is -2.28. The van der Waals surface area contributed by atoms with Gasteiger partial charge in [-0.2, -0.15) is 0 Å². The average Bonchev–Trinajstić information content (AvgIpc) is 2.46. The van der Waals surface area contributed by atoms with Crippen molar-refractivity contribution in [2.24, 2.45) is 0 Å². The number of ether oxygens (including phenoxy) is 1. The van der Waals surface area contributed by atoms with Crippen LogP contribution in [0.5, 0.6) is 0 Å². The summed E-state index contributed by atoms with van der Waals surface area (Å²) >= 11 is 3.19. The van der Waals surface area contributed by atoms with Gasteiger partial charge in [-0.05, 0) is 6.07 Å². The summed E-state index contributed by atoms with van der Waals surface area (Å²) in [6.07, 6.45) is -0.0603. The number of carbonyl (C=O) groups excluding carboxylic acids is 1. The summed E-state index contributed by atoms with van der Waals surface area (Å²) in [6.45, 7) is 2.56. The summed E-state index contributed by atoms with van der Waals surface area (Å²) in [5.41, 5.74) is 0.166. The van der Waals surface area contributed by atoms with E-state index >= 15 is 0 Å². The van der Waals surface area contributed by atoms with E-state index in [1.165, 1.54) is 17.0 Å². The number of rotatable bonds is 4. The maximum absolute atomic E-state index is 12.4. The van der Waals surface area contributed by atoms with Gasteiger partial charge in [0, 0.05) is 48.9 Å². The van der Waals surface area contributed by atoms with Crippen molar-refractivity contribution in [3.8, 4) is 0 Å². The maximum Gasteiger partial charge on any atom is 0.271 e. The standard InChI is InChI=1S/C13H16BrN3O4/c1-16(8-12-7-15-2-3-21-12)13(18)9-4-10(14)6-11(5-9)17(19)20/h4-6,12,15H,2-3,7-8H2,1H3. The van der Waals surface area contributed by atoms with Gasteiger partial charge < -0.3 is 15.0 Å². The van der Waals surface area contributed by atoms with Crippen molar-refractivity contribution in [3.63, 3.8) is 0 Å². The van der Waals surface area contributed by atoms with E-state index in [-0.39, 0.29) is 23.3 Å². The molecule has 114 valence electrons. The fraction of sp³-hybridized carbons (Fsp3) is 0.462. The minimum atomic E-state index is -0.518. The quantitative estimate of drug-likeness (QED) is 0.650. The Morgan fingerprint density at radius 1 is 1.57 bits per heavy atom. The van der Waals surface area contributed by atoms with Gasteiger partial charge >= 0.3 is 0 Å². The van der Waals surface area contributed by atoms with Gasteiger partial charge in [0.15, 0.2) is 0 Å². The SMILES string of the molecule is CN(CC1CNCCO1)C(=O)c1cc(Br)cc([N+](=O)[O-])c1. The molecule has 21 heavy (non-hydrogen) atoms. The number of non-ortho nitro benzene ring substituents is 1. The molecule has 2 rings (SSSR count). The van der Waals surface area contributed by atoms with Crippen molar-refractivity contribution in [2.75, 3.05) is 33.3 Å². The van der Waals surface area contributed by atoms with Crippen molar-refractivity contribution in [3.05, 3.63) is 38.3 Å². The van der Waals surface area contributed by atoms with E-state index in [9.17, 15) is 14.9 Å². The number of nitro groups is 1. The van der Waals surface area contributed by atoms with Crippen molar-refractivity contribution in [1.29, 1.82) is 0 Å². The van der Waals surface area contributed by atoms with Crippen molar-refractivity contribution < 1.29 is 14.5 Å². The van der Waals surface area contributed by atoms with Crippen LogP contribution in [-0.4, -0.2) is 55.1 Å². The van der Waals surface area contributed by atoms with Crippen molar-refractivity contribution in [2.45, 2.75) is 6.10 Å². The first kappa shape index (κ1) is 15.9. The molecule has 0 aliphatic carbocycles. The molecular weight excluding hydrogens is 342 g/mol. The second-order valence-electron chi connectivity index (χ2n) is 4.84. The number of benzene rings is 1. The molecule has 0 saturated carbocycles. The predicted octanol–water partition coefficient (Wildman–Crippen LogP) is 1.42. The number of nitrogens with one attached hydrogen (secondary N) is 1. The summed E-state index contributed by atoms with van der Waals surface area (Å²) < 4.78 is 6.05. The highest BCUT2D eigenvalue weighted by Gasteiger charge is 2.21. The van der Waals surface area contributed by atoms with Crippen LogP contribution in [0.15, 0.2) is 22.7 Å². The Hall–Kier alpha value is -1.51. The number of nitrogens with zero attached hydrogens (tertiary/aromatic N) is 2. The Morgan fingerprint density at radius 3 is 2.95 bits per heavy atom. The third kappa shape index (κ3) is 4.23. The predicted molar refractivity (Wildman–Crippen MR) is 80.4 cm³/mol. The number of hydrogen-bond acceptors (Lipinski definition) is 5. The number of likely N-dealkylation sites (N-methyl/N-ethyl adjacent to an activating group) is 1. The first-order valence-electron chi connectivity index (χ1n) is 6.50. The Morgan fingerprint density at radius 2 is 2.33 bits per heavy atom. The molecule has 1 atom stereocenters. The lowest BCUT2D eigenvalue weighted by atomic mass is 10.1. The molecule has 1 aliphatic rings. The van der Waals surface area contributed by atoms with Gasteiger partial charge in [0.1, 0.15) is 0 Å². The van der Waals surface area contributed by atoms with Crippen molar-refractivity contribution >= 4 is 27.5 Å². The average molecular weight is 358 g/mol. The second kappa shape index (κ2) is 6.97. The minimum Gasteiger partial charge on any atom is -0.374 e. The Bertz CT molecular complexity index is 546. The van der Waals surface area contributed by atoms with Crippen LogP contribution < -0.4 is 5.32 Å². The van der Waals surface area contributed by atoms with E-state index in [4.69, 9.17) is 4.74 Å². The van der Waals surface area contributed by atoms with Gasteiger partial charge in [0.25, 0.3) is 11.6 Å². The number of carbonyl (C=O) groups is 1. The maximum atomic E-state index is 12.4. The van der Waals surface area contributed by atoms with Crippen LogP contribution in [-0.2, 0) is 4.74 Å². The molecule has 0 bridgehead atoms. The van der Waals surface area contributed by atoms with Crippen LogP contribution in [0.25, 0.3) is 0 Å². The highest BCUT2D eigenvalue weighted by atomic mass is 79.9. The van der Waals surface area contributed by atoms with E-state index in [0.29, 0.717) is 24.2 Å². The molecule has 0 radical (unpaired) electrons. The van der Waals surface area contributed by atoms with Crippen LogP contribution in [0.4, 0.5) is 5.69 Å². The normalized spacial score (nSPS) is 18.3. The van der Waals surface area contributed by atoms with E-state index in [0.717, 1.165) is 6.54 Å². The monoisotopic (exact) mass is 357 g/mol. The first-order chi connectivity index (χ1) is 9.97. The van der Waals surface area contributed by atoms with Gasteiger partial charge in [-0.1, -0.05) is 15.9 Å². The lowest BCUT2D eigenvalue weighted by molar-refractivity contribution is -0.385. The Balaban J connectivity index is 2.09. The molecule has 1 saturated heterocycles. The molecule has 1 heterocycles. The van der Waals surface area contributed by atoms with Gasteiger partial charge in [0.2, 0.25) is 0 Å². The largest absolute Gasteiger partial charge is 0.374 e. The molecule has 0 spiro atoms. The minimum absolute atomic E-state index is 0.0603. The number of nitro benzene ring substituents is 1. The molecule has 1 aliphatic heterocycles. The zero-order chi connectivity index (χ0) is 15.4. The second-order valence-corrected chi connectivity index (χ2v) is 5.75. The summed E-state index contributed by atoms with van der Waals surface area (Å²) in [5, 5.41) is 14.0. The summed E-state index contributed by atoms with van der Waals surface area (Å²) in [4.78, 5) is 24.2. The first-order valence-corrected chi connectivity index (χ1v) is 7.29. The fourth-order valence-electron chi connectivity index (χ4n) is 2.15. The molecular formula is C13H16BrN3O4. The fourth-order valence-corrected chi connectivity index (χ4v) is 2.63. The number of hydrogen-bond donors (Lipinski definition) is 1. The van der Waals surface area contributed by atoms with Crippen LogP contribution >= 0.6 is 15.9 Å². The molecule has 1 amide bonds. The van der Waals surface area contributed by atoms with E-state index in [2.05, 4.69) is 21.2 Å². The molecule has 1 fully saturated rings. The smallest absolute Gasteiger partial charge is 0.271 e. The highest BCUT2D eigenvalue weighted by molar-refractivity contribution is 9.10. The number of halogens is 1. The third-order valence-corrected chi connectivity index (χ3v) is 3.63. The molecule has 1 aromatic carbocycles. The topological polar surface area (TPSA) is 84.7 Å². The van der Waals surface area contributed by atoms with Crippen molar-refractivity contribution in [1.82, 2.24) is 10.2 Å². The van der Waals surface area contributed by atoms with Crippen LogP contribution in [0, 0.1) is 10.1 Å². The molecule has 1 N–H and O–H groups in total. The molecule has 1 aromatic rings. The zero-order valence-corrected chi connectivity index (χ0v) is 13.1. The van der Waals surface area contributed by atoms with Crippen LogP contribution in [0.1, 0.15) is 10.4 Å². The third-order valence-electron chi connectivity index (χ3n) is 3.17. The van der Waals surface area contributed by atoms with Gasteiger partial charge in [0.05, 0.1) is 17.6 Å². The molecule has 1 unspecified atom stereocenters. The number of amides is 1. The molecule has 0 aromatic heterocycles. The summed E-state index contributed by atoms with van der Waals surface area (Å²) in [6, 6.07) is 4.22. The molecule has 8 heteroatoms. The summed E-state index contributed by atoms with van der Waals surface area (Å²) in [5.74, 6) is -0.270. The Labute approximate surface area is 130 Å². The van der Waals surface area contributed by atoms with Crippen LogP contribution in [0.2, 0.25) is 0 Å². The Kier molecular flexibility index (Phi) is 5.27. The lowest BCUT2D eigenvalue weighted by Crippen LogP contribution is -2.45. The highest BCUT2D eigenvalue weighted by Crippen LogP contribution is 2.22. The van der Waals surface area contributed by atoms with Gasteiger partial charge in [-0.25, -0.2) is 0 Å². The van der Waals surface area contributed by atoms with Gasteiger partial charge in [-0.15, -0.1) is 0 Å². The van der Waals surface area contributed by atoms with E-state index < -0.39 is 4.92 Å². The van der Waals surface area contributed by atoms with Gasteiger partial charge in [-0.3, -0.25) is 14.9 Å². The number of morpholine rings is 1.